The second kappa shape index (κ2) is 7.86. The average Bonchev–Trinajstić information content (AvgIpc) is 2.56. The Balaban J connectivity index is 2.09. The van der Waals surface area contributed by atoms with E-state index in [0.29, 0.717) is 5.75 Å². The number of benzene rings is 2. The highest BCUT2D eigenvalue weighted by Gasteiger charge is 2.29. The highest BCUT2D eigenvalue weighted by molar-refractivity contribution is 7.99. The fourth-order valence-corrected chi connectivity index (χ4v) is 3.06. The average molecular weight is 302 g/mol. The minimum absolute atomic E-state index is 0.394. The van der Waals surface area contributed by atoms with Gasteiger partial charge in [0.05, 0.1) is 19.1 Å². The fourth-order valence-electron chi connectivity index (χ4n) is 2.02. The predicted molar refractivity (Wildman–Crippen MR) is 84.1 cm³/mol. The van der Waals surface area contributed by atoms with Crippen LogP contribution in [0.5, 0.6) is 0 Å². The summed E-state index contributed by atoms with van der Waals surface area (Å²) in [4.78, 5) is 13.0. The largest absolute Gasteiger partial charge is 0.469 e. The van der Waals surface area contributed by atoms with Crippen LogP contribution in [-0.2, 0) is 9.53 Å². The first-order valence-electron chi connectivity index (χ1n) is 6.71. The third kappa shape index (κ3) is 4.34. The molecule has 2 aromatic carbocycles. The van der Waals surface area contributed by atoms with Crippen molar-refractivity contribution < 1.29 is 14.6 Å². The molecular weight excluding hydrogens is 284 g/mol. The van der Waals surface area contributed by atoms with Crippen molar-refractivity contribution in [2.24, 2.45) is 5.92 Å². The van der Waals surface area contributed by atoms with E-state index in [2.05, 4.69) is 0 Å². The molecule has 1 N–H and O–H groups in total. The molecule has 0 radical (unpaired) electrons. The van der Waals surface area contributed by atoms with E-state index in [1.54, 1.807) is 0 Å². The molecule has 0 spiro atoms. The predicted octanol–water partition coefficient (Wildman–Crippen LogP) is 3.30. The third-order valence-electron chi connectivity index (χ3n) is 3.20. The van der Waals surface area contributed by atoms with Gasteiger partial charge in [-0.2, -0.15) is 0 Å². The molecule has 0 aliphatic heterocycles. The Bertz CT molecular complexity index is 557. The number of hydrogen-bond acceptors (Lipinski definition) is 4. The van der Waals surface area contributed by atoms with Crippen LogP contribution in [0.1, 0.15) is 11.7 Å². The van der Waals surface area contributed by atoms with Crippen LogP contribution in [0.15, 0.2) is 65.6 Å². The normalized spacial score (nSPS) is 13.4. The summed E-state index contributed by atoms with van der Waals surface area (Å²) in [7, 11) is 1.35. The summed E-state index contributed by atoms with van der Waals surface area (Å²) in [6.07, 6.45) is -0.866. The monoisotopic (exact) mass is 302 g/mol. The molecule has 0 fully saturated rings. The molecule has 0 heterocycles. The molecule has 0 aromatic heterocycles. The molecule has 0 saturated carbocycles. The van der Waals surface area contributed by atoms with Crippen molar-refractivity contribution in [3.63, 3.8) is 0 Å². The molecule has 2 rings (SSSR count). The number of esters is 1. The number of carbonyl (C=O) groups is 1. The van der Waals surface area contributed by atoms with Crippen molar-refractivity contribution in [3.05, 3.63) is 66.2 Å². The van der Waals surface area contributed by atoms with Gasteiger partial charge in [-0.05, 0) is 17.7 Å². The lowest BCUT2D eigenvalue weighted by Crippen LogP contribution is -2.25. The number of methoxy groups -OCH3 is 1. The Labute approximate surface area is 129 Å². The van der Waals surface area contributed by atoms with Crippen LogP contribution in [0.25, 0.3) is 0 Å². The molecule has 0 aliphatic rings. The van der Waals surface area contributed by atoms with Gasteiger partial charge in [0.15, 0.2) is 0 Å². The molecule has 2 atom stereocenters. The van der Waals surface area contributed by atoms with Crippen LogP contribution in [-0.4, -0.2) is 23.9 Å². The summed E-state index contributed by atoms with van der Waals surface area (Å²) >= 11 is 1.53. The Kier molecular flexibility index (Phi) is 5.84. The molecule has 0 unspecified atom stereocenters. The Hall–Kier alpha value is -1.78. The molecular formula is C17H18O3S. The second-order valence-electron chi connectivity index (χ2n) is 4.61. The van der Waals surface area contributed by atoms with E-state index in [1.807, 2.05) is 60.7 Å². The van der Waals surface area contributed by atoms with Crippen molar-refractivity contribution >= 4 is 17.7 Å². The number of aliphatic hydroxyl groups is 1. The van der Waals surface area contributed by atoms with Gasteiger partial charge in [0.1, 0.15) is 0 Å². The minimum Gasteiger partial charge on any atom is -0.469 e. The SMILES string of the molecule is COC(=O)[C@@H](CSc1ccccc1)[C@@H](O)c1ccccc1. The second-order valence-corrected chi connectivity index (χ2v) is 5.70. The first kappa shape index (κ1) is 15.6. The molecule has 21 heavy (non-hydrogen) atoms. The molecule has 0 aliphatic carbocycles. The maximum absolute atomic E-state index is 12.0. The van der Waals surface area contributed by atoms with Crippen LogP contribution in [0.3, 0.4) is 0 Å². The first-order chi connectivity index (χ1) is 10.2. The van der Waals surface area contributed by atoms with Crippen LogP contribution in [0.4, 0.5) is 0 Å². The lowest BCUT2D eigenvalue weighted by Gasteiger charge is -2.20. The van der Waals surface area contributed by atoms with Gasteiger partial charge in [-0.15, -0.1) is 11.8 Å². The molecule has 110 valence electrons. The third-order valence-corrected chi connectivity index (χ3v) is 4.33. The number of carbonyl (C=O) groups excluding carboxylic acids is 1. The summed E-state index contributed by atoms with van der Waals surface area (Å²) in [6.45, 7) is 0. The van der Waals surface area contributed by atoms with Crippen molar-refractivity contribution in [2.75, 3.05) is 12.9 Å². The van der Waals surface area contributed by atoms with Gasteiger partial charge in [0.25, 0.3) is 0 Å². The maximum atomic E-state index is 12.0. The minimum atomic E-state index is -0.866. The topological polar surface area (TPSA) is 46.5 Å². The lowest BCUT2D eigenvalue weighted by atomic mass is 9.97. The highest BCUT2D eigenvalue weighted by Crippen LogP contribution is 2.29. The Morgan fingerprint density at radius 2 is 1.67 bits per heavy atom. The number of aliphatic hydroxyl groups excluding tert-OH is 1. The Morgan fingerprint density at radius 1 is 1.10 bits per heavy atom. The van der Waals surface area contributed by atoms with E-state index < -0.39 is 18.0 Å². The number of ether oxygens (including phenoxy) is 1. The molecule has 2 aromatic rings. The van der Waals surface area contributed by atoms with Crippen molar-refractivity contribution in [3.8, 4) is 0 Å². The summed E-state index contributed by atoms with van der Waals surface area (Å²) < 4.78 is 4.83. The highest BCUT2D eigenvalue weighted by atomic mass is 32.2. The van der Waals surface area contributed by atoms with Gasteiger partial charge in [0, 0.05) is 10.6 Å². The van der Waals surface area contributed by atoms with Crippen LogP contribution in [0, 0.1) is 5.92 Å². The number of rotatable bonds is 6. The quantitative estimate of drug-likeness (QED) is 0.657. The van der Waals surface area contributed by atoms with E-state index in [9.17, 15) is 9.90 Å². The maximum Gasteiger partial charge on any atom is 0.312 e. The smallest absolute Gasteiger partial charge is 0.312 e. The summed E-state index contributed by atoms with van der Waals surface area (Å²) in [5, 5.41) is 10.4. The van der Waals surface area contributed by atoms with Gasteiger partial charge in [0.2, 0.25) is 0 Å². The van der Waals surface area contributed by atoms with Gasteiger partial charge in [-0.25, -0.2) is 0 Å². The zero-order valence-corrected chi connectivity index (χ0v) is 12.6. The molecule has 4 heteroatoms. The molecule has 0 amide bonds. The van der Waals surface area contributed by atoms with E-state index in [4.69, 9.17) is 4.74 Å². The fraction of sp³-hybridized carbons (Fsp3) is 0.235. The summed E-state index contributed by atoms with van der Waals surface area (Å²) in [5.41, 5.74) is 0.724. The van der Waals surface area contributed by atoms with Crippen LogP contribution in [0.2, 0.25) is 0 Å². The first-order valence-corrected chi connectivity index (χ1v) is 7.69. The van der Waals surface area contributed by atoms with Gasteiger partial charge >= 0.3 is 5.97 Å². The Morgan fingerprint density at radius 3 is 2.24 bits per heavy atom. The van der Waals surface area contributed by atoms with Gasteiger partial charge in [-0.1, -0.05) is 48.5 Å². The van der Waals surface area contributed by atoms with Crippen LogP contribution >= 0.6 is 11.8 Å². The number of thioether (sulfide) groups is 1. The summed E-state index contributed by atoms with van der Waals surface area (Å²) in [5.74, 6) is -0.524. The van der Waals surface area contributed by atoms with E-state index in [0.717, 1.165) is 10.5 Å². The van der Waals surface area contributed by atoms with E-state index >= 15 is 0 Å². The van der Waals surface area contributed by atoms with E-state index in [1.165, 1.54) is 18.9 Å². The zero-order valence-electron chi connectivity index (χ0n) is 11.8. The standard InChI is InChI=1S/C17H18O3S/c1-20-17(19)15(12-21-14-10-6-3-7-11-14)16(18)13-8-4-2-5-9-13/h2-11,15-16,18H,12H2,1H3/t15-,16-/m0/s1. The lowest BCUT2D eigenvalue weighted by molar-refractivity contribution is -0.148. The zero-order chi connectivity index (χ0) is 15.1. The van der Waals surface area contributed by atoms with Crippen LogP contribution < -0.4 is 0 Å². The van der Waals surface area contributed by atoms with Crippen molar-refractivity contribution in [2.45, 2.75) is 11.0 Å². The summed E-state index contributed by atoms with van der Waals surface area (Å²) in [6, 6.07) is 19.0. The number of hydrogen-bond donors (Lipinski definition) is 1. The van der Waals surface area contributed by atoms with Gasteiger partial charge < -0.3 is 9.84 Å². The molecule has 0 bridgehead atoms. The van der Waals surface area contributed by atoms with Gasteiger partial charge in [-0.3, -0.25) is 4.79 Å². The molecule has 0 saturated heterocycles. The van der Waals surface area contributed by atoms with Crippen molar-refractivity contribution in [1.82, 2.24) is 0 Å². The molecule has 3 nitrogen and oxygen atoms in total. The van der Waals surface area contributed by atoms with Crippen molar-refractivity contribution in [1.29, 1.82) is 0 Å². The van der Waals surface area contributed by atoms with E-state index in [-0.39, 0.29) is 0 Å².